The summed E-state index contributed by atoms with van der Waals surface area (Å²) in [6.45, 7) is 4.19. The van der Waals surface area contributed by atoms with Crippen molar-refractivity contribution in [2.75, 3.05) is 4.90 Å². The highest BCUT2D eigenvalue weighted by atomic mass is 16.3. The summed E-state index contributed by atoms with van der Waals surface area (Å²) in [6, 6.07) is 15.3. The number of hydrogen-bond acceptors (Lipinski definition) is 3. The quantitative estimate of drug-likeness (QED) is 0.678. The third-order valence-electron chi connectivity index (χ3n) is 6.67. The van der Waals surface area contributed by atoms with Gasteiger partial charge in [-0.1, -0.05) is 31.0 Å². The van der Waals surface area contributed by atoms with Crippen LogP contribution in [0, 0.1) is 6.92 Å². The number of nitrogens with zero attached hydrogens (tertiary/aromatic N) is 2. The Morgan fingerprint density at radius 2 is 1.81 bits per heavy atom. The molecule has 0 bridgehead atoms. The van der Waals surface area contributed by atoms with Crippen LogP contribution >= 0.6 is 0 Å². The number of hydrogen-bond donors (Lipinski definition) is 1. The van der Waals surface area contributed by atoms with Gasteiger partial charge in [0, 0.05) is 11.7 Å². The Morgan fingerprint density at radius 3 is 2.52 bits per heavy atom. The summed E-state index contributed by atoms with van der Waals surface area (Å²) in [4.78, 5) is 29.2. The lowest BCUT2D eigenvalue weighted by molar-refractivity contribution is -0.127. The standard InChI is InChI=1S/C25H27N3O3/c1-17-8-3-6-11-19(17)28-23(29)21-14-13-20(22-12-7-15-31-22)27(21)16-25(28,2)24(30)26-18-9-4-5-10-18/h3,6-8,11-15,18H,4-5,9-10,16H2,1-2H3,(H,26,30)/t25-/m0/s1. The highest BCUT2D eigenvalue weighted by Crippen LogP contribution is 2.38. The molecule has 1 aliphatic carbocycles. The molecule has 1 atom stereocenters. The first-order valence-corrected chi connectivity index (χ1v) is 10.9. The summed E-state index contributed by atoms with van der Waals surface area (Å²) >= 11 is 0. The molecule has 5 rings (SSSR count). The van der Waals surface area contributed by atoms with E-state index in [0.717, 1.165) is 42.6 Å². The van der Waals surface area contributed by atoms with Crippen LogP contribution in [-0.4, -0.2) is 28.0 Å². The van der Waals surface area contributed by atoms with Crippen LogP contribution in [0.15, 0.2) is 59.2 Å². The van der Waals surface area contributed by atoms with E-state index in [1.165, 1.54) is 0 Å². The van der Waals surface area contributed by atoms with Crippen molar-refractivity contribution in [3.63, 3.8) is 0 Å². The Labute approximate surface area is 181 Å². The first-order valence-electron chi connectivity index (χ1n) is 10.9. The van der Waals surface area contributed by atoms with Gasteiger partial charge in [-0.05, 0) is 62.6 Å². The van der Waals surface area contributed by atoms with Crippen LogP contribution in [-0.2, 0) is 11.3 Å². The molecule has 2 aromatic heterocycles. The van der Waals surface area contributed by atoms with E-state index in [1.807, 2.05) is 66.9 Å². The lowest BCUT2D eigenvalue weighted by atomic mass is 9.92. The second-order valence-corrected chi connectivity index (χ2v) is 8.82. The minimum Gasteiger partial charge on any atom is -0.463 e. The van der Waals surface area contributed by atoms with Gasteiger partial charge in [0.05, 0.1) is 18.5 Å². The molecule has 6 nitrogen and oxygen atoms in total. The van der Waals surface area contributed by atoms with Gasteiger partial charge in [0.25, 0.3) is 5.91 Å². The predicted molar refractivity (Wildman–Crippen MR) is 119 cm³/mol. The van der Waals surface area contributed by atoms with E-state index < -0.39 is 5.54 Å². The molecule has 1 aromatic carbocycles. The van der Waals surface area contributed by atoms with Gasteiger partial charge in [-0.15, -0.1) is 0 Å². The number of benzene rings is 1. The number of carbonyl (C=O) groups is 2. The third kappa shape index (κ3) is 3.17. The molecule has 0 unspecified atom stereocenters. The van der Waals surface area contributed by atoms with Gasteiger partial charge in [0.2, 0.25) is 5.91 Å². The van der Waals surface area contributed by atoms with Gasteiger partial charge in [0.15, 0.2) is 0 Å². The van der Waals surface area contributed by atoms with Crippen LogP contribution in [0.3, 0.4) is 0 Å². The van der Waals surface area contributed by atoms with Crippen molar-refractivity contribution in [3.8, 4) is 11.5 Å². The van der Waals surface area contributed by atoms with Crippen molar-refractivity contribution in [1.29, 1.82) is 0 Å². The molecule has 6 heteroatoms. The van der Waals surface area contributed by atoms with Crippen LogP contribution in [0.5, 0.6) is 0 Å². The predicted octanol–water partition coefficient (Wildman–Crippen LogP) is 4.53. The monoisotopic (exact) mass is 417 g/mol. The maximum Gasteiger partial charge on any atom is 0.275 e. The van der Waals surface area contributed by atoms with E-state index in [0.29, 0.717) is 18.0 Å². The van der Waals surface area contributed by atoms with Crippen LogP contribution in [0.25, 0.3) is 11.5 Å². The van der Waals surface area contributed by atoms with Gasteiger partial charge in [-0.3, -0.25) is 14.5 Å². The Hall–Kier alpha value is -3.28. The molecular weight excluding hydrogens is 390 g/mol. The van der Waals surface area contributed by atoms with Crippen molar-refractivity contribution in [1.82, 2.24) is 9.88 Å². The van der Waals surface area contributed by atoms with Gasteiger partial charge in [-0.25, -0.2) is 0 Å². The second-order valence-electron chi connectivity index (χ2n) is 8.82. The molecule has 2 aliphatic rings. The topological polar surface area (TPSA) is 67.5 Å². The summed E-state index contributed by atoms with van der Waals surface area (Å²) in [7, 11) is 0. The lowest BCUT2D eigenvalue weighted by Gasteiger charge is -2.45. The van der Waals surface area contributed by atoms with E-state index in [9.17, 15) is 9.59 Å². The highest BCUT2D eigenvalue weighted by molar-refractivity contribution is 6.12. The maximum absolute atomic E-state index is 13.8. The van der Waals surface area contributed by atoms with E-state index in [-0.39, 0.29) is 17.9 Å². The van der Waals surface area contributed by atoms with Crippen molar-refractivity contribution >= 4 is 17.5 Å². The first-order chi connectivity index (χ1) is 15.0. The Balaban J connectivity index is 1.62. The molecule has 3 aromatic rings. The number of anilines is 1. The number of fused-ring (bicyclic) bond motifs is 1. The number of furan rings is 1. The fourth-order valence-corrected chi connectivity index (χ4v) is 4.96. The van der Waals surface area contributed by atoms with E-state index in [4.69, 9.17) is 4.42 Å². The largest absolute Gasteiger partial charge is 0.463 e. The number of para-hydroxylation sites is 1. The molecule has 1 N–H and O–H groups in total. The van der Waals surface area contributed by atoms with Gasteiger partial charge in [-0.2, -0.15) is 0 Å². The molecule has 31 heavy (non-hydrogen) atoms. The molecular formula is C25H27N3O3. The summed E-state index contributed by atoms with van der Waals surface area (Å²) in [5, 5.41) is 3.24. The smallest absolute Gasteiger partial charge is 0.275 e. The summed E-state index contributed by atoms with van der Waals surface area (Å²) in [5.74, 6) is 0.394. The SMILES string of the molecule is Cc1ccccc1N1C(=O)c2ccc(-c3ccco3)n2C[C@@]1(C)C(=O)NC1CCCC1. The number of aromatic nitrogens is 1. The number of nitrogens with one attached hydrogen (secondary N) is 1. The summed E-state index contributed by atoms with van der Waals surface area (Å²) < 4.78 is 7.52. The normalized spacial score (nSPS) is 21.4. The molecule has 1 aliphatic heterocycles. The molecule has 1 saturated carbocycles. The van der Waals surface area contributed by atoms with E-state index in [1.54, 1.807) is 11.2 Å². The molecule has 0 radical (unpaired) electrons. The Bertz CT molecular complexity index is 1120. The minimum absolute atomic E-state index is 0.110. The van der Waals surface area contributed by atoms with Crippen molar-refractivity contribution in [3.05, 3.63) is 66.1 Å². The second kappa shape index (κ2) is 7.45. The van der Waals surface area contributed by atoms with Crippen molar-refractivity contribution in [2.45, 2.75) is 57.7 Å². The van der Waals surface area contributed by atoms with Gasteiger partial charge < -0.3 is 14.3 Å². The van der Waals surface area contributed by atoms with Gasteiger partial charge in [0.1, 0.15) is 17.0 Å². The molecule has 0 spiro atoms. The minimum atomic E-state index is -1.07. The number of aryl methyl sites for hydroxylation is 1. The molecule has 2 amide bonds. The van der Waals surface area contributed by atoms with Crippen LogP contribution in [0.1, 0.15) is 48.7 Å². The average molecular weight is 418 g/mol. The third-order valence-corrected chi connectivity index (χ3v) is 6.67. The summed E-state index contributed by atoms with van der Waals surface area (Å²) in [5.41, 5.74) is 2.02. The fourth-order valence-electron chi connectivity index (χ4n) is 4.96. The molecule has 0 saturated heterocycles. The number of carbonyl (C=O) groups excluding carboxylic acids is 2. The van der Waals surface area contributed by atoms with Crippen molar-refractivity contribution in [2.24, 2.45) is 0 Å². The van der Waals surface area contributed by atoms with Crippen LogP contribution in [0.4, 0.5) is 5.69 Å². The Kier molecular flexibility index (Phi) is 4.73. The zero-order valence-electron chi connectivity index (χ0n) is 17.9. The van der Waals surface area contributed by atoms with Crippen LogP contribution < -0.4 is 10.2 Å². The molecule has 160 valence electrons. The lowest BCUT2D eigenvalue weighted by Crippen LogP contribution is -2.65. The number of amides is 2. The first kappa shape index (κ1) is 19.7. The zero-order valence-corrected chi connectivity index (χ0v) is 17.9. The average Bonchev–Trinajstić information content (AvgIpc) is 3.50. The highest BCUT2D eigenvalue weighted by Gasteiger charge is 2.49. The van der Waals surface area contributed by atoms with Gasteiger partial charge >= 0.3 is 0 Å². The zero-order chi connectivity index (χ0) is 21.6. The number of rotatable bonds is 4. The Morgan fingerprint density at radius 1 is 1.06 bits per heavy atom. The maximum atomic E-state index is 13.8. The van der Waals surface area contributed by atoms with E-state index >= 15 is 0 Å². The summed E-state index contributed by atoms with van der Waals surface area (Å²) in [6.07, 6.45) is 5.86. The molecule has 1 fully saturated rings. The van der Waals surface area contributed by atoms with Crippen molar-refractivity contribution < 1.29 is 14.0 Å². The fraction of sp³-hybridized carbons (Fsp3) is 0.360. The van der Waals surface area contributed by atoms with E-state index in [2.05, 4.69) is 5.32 Å². The molecule has 3 heterocycles. The van der Waals surface area contributed by atoms with Crippen LogP contribution in [0.2, 0.25) is 0 Å².